The molecule has 1 fully saturated rings. The van der Waals surface area contributed by atoms with Crippen molar-refractivity contribution < 1.29 is 19.1 Å². The molecular weight excluding hydrogens is 454 g/mol. The number of fused-ring (bicyclic) bond motifs is 1. The fourth-order valence-corrected chi connectivity index (χ4v) is 4.71. The number of benzene rings is 1. The Morgan fingerprint density at radius 3 is 2.50 bits per heavy atom. The number of thioether (sulfide) groups is 1. The van der Waals surface area contributed by atoms with Crippen LogP contribution in [0.15, 0.2) is 47.5 Å². The number of rotatable bonds is 4. The molecule has 2 aliphatic rings. The molecule has 4 rings (SSSR count). The van der Waals surface area contributed by atoms with Crippen molar-refractivity contribution in [2.75, 3.05) is 53.6 Å². The van der Waals surface area contributed by atoms with Crippen molar-refractivity contribution in [3.63, 3.8) is 0 Å². The van der Waals surface area contributed by atoms with Gasteiger partial charge in [0.2, 0.25) is 11.8 Å². The number of ether oxygens (including phenoxy) is 1. The maximum atomic E-state index is 12.6. The summed E-state index contributed by atoms with van der Waals surface area (Å²) in [6, 6.07) is 11.2. The first-order valence-electron chi connectivity index (χ1n) is 11.2. The molecule has 3 heterocycles. The largest absolute Gasteiger partial charge is 0.444 e. The zero-order valence-electron chi connectivity index (χ0n) is 19.6. The summed E-state index contributed by atoms with van der Waals surface area (Å²) in [5.41, 5.74) is 1.16. The molecule has 0 unspecified atom stereocenters. The van der Waals surface area contributed by atoms with E-state index in [9.17, 15) is 14.4 Å². The van der Waals surface area contributed by atoms with E-state index < -0.39 is 5.60 Å². The molecule has 180 valence electrons. The smallest absolute Gasteiger partial charge is 0.410 e. The van der Waals surface area contributed by atoms with Crippen molar-refractivity contribution in [3.05, 3.63) is 42.6 Å². The van der Waals surface area contributed by atoms with Crippen LogP contribution in [0, 0.1) is 0 Å². The number of pyridine rings is 1. The third kappa shape index (κ3) is 5.80. The van der Waals surface area contributed by atoms with E-state index in [0.717, 1.165) is 16.3 Å². The second kappa shape index (κ2) is 9.92. The van der Waals surface area contributed by atoms with E-state index in [1.54, 1.807) is 17.2 Å². The molecule has 2 aliphatic heterocycles. The monoisotopic (exact) mass is 483 g/mol. The van der Waals surface area contributed by atoms with Gasteiger partial charge in [-0.25, -0.2) is 9.78 Å². The molecule has 10 heteroatoms. The first-order chi connectivity index (χ1) is 16.2. The van der Waals surface area contributed by atoms with Crippen LogP contribution in [0.3, 0.4) is 0 Å². The molecule has 0 saturated carbocycles. The minimum Gasteiger partial charge on any atom is -0.444 e. The SMILES string of the molecule is CC(C)(C)OC(=O)N1CCN(c2ccc(NC(=O)CN3C(=O)CSc4ccccc43)nc2)CC1. The number of piperazine rings is 1. The van der Waals surface area contributed by atoms with Crippen molar-refractivity contribution in [1.82, 2.24) is 9.88 Å². The van der Waals surface area contributed by atoms with E-state index in [0.29, 0.717) is 37.7 Å². The number of aromatic nitrogens is 1. The lowest BCUT2D eigenvalue weighted by Gasteiger charge is -2.36. The van der Waals surface area contributed by atoms with E-state index in [4.69, 9.17) is 4.74 Å². The summed E-state index contributed by atoms with van der Waals surface area (Å²) in [5.74, 6) is 0.348. The number of hydrogen-bond acceptors (Lipinski definition) is 7. The van der Waals surface area contributed by atoms with Gasteiger partial charge in [-0.15, -0.1) is 11.8 Å². The summed E-state index contributed by atoms with van der Waals surface area (Å²) >= 11 is 1.48. The maximum absolute atomic E-state index is 12.6. The van der Waals surface area contributed by atoms with E-state index >= 15 is 0 Å². The van der Waals surface area contributed by atoms with Gasteiger partial charge in [-0.3, -0.25) is 9.59 Å². The van der Waals surface area contributed by atoms with Crippen molar-refractivity contribution >= 4 is 46.9 Å². The van der Waals surface area contributed by atoms with Crippen LogP contribution in [0.25, 0.3) is 0 Å². The number of nitrogens with one attached hydrogen (secondary N) is 1. The standard InChI is InChI=1S/C24H29N5O4S/c1-24(2,3)33-23(32)28-12-10-27(11-13-28)17-8-9-20(25-14-17)26-21(30)15-29-18-6-4-5-7-19(18)34-16-22(29)31/h4-9,14H,10-13,15-16H2,1-3H3,(H,25,26,30). The van der Waals surface area contributed by atoms with Gasteiger partial charge in [0, 0.05) is 31.1 Å². The molecule has 9 nitrogen and oxygen atoms in total. The Kier molecular flexibility index (Phi) is 6.97. The first kappa shape index (κ1) is 23.9. The Bertz CT molecular complexity index is 1060. The molecule has 1 aromatic carbocycles. The summed E-state index contributed by atoms with van der Waals surface area (Å²) in [6.45, 7) is 7.98. The average molecular weight is 484 g/mol. The highest BCUT2D eigenvalue weighted by Gasteiger charge is 2.27. The highest BCUT2D eigenvalue weighted by molar-refractivity contribution is 8.00. The number of nitrogens with zero attached hydrogens (tertiary/aromatic N) is 4. The molecule has 1 saturated heterocycles. The predicted molar refractivity (Wildman–Crippen MR) is 132 cm³/mol. The van der Waals surface area contributed by atoms with Gasteiger partial charge in [-0.05, 0) is 45.0 Å². The Labute approximate surface area is 203 Å². The van der Waals surface area contributed by atoms with Crippen LogP contribution >= 0.6 is 11.8 Å². The fourth-order valence-electron chi connectivity index (χ4n) is 3.77. The summed E-state index contributed by atoms with van der Waals surface area (Å²) < 4.78 is 5.44. The third-order valence-electron chi connectivity index (χ3n) is 5.42. The quantitative estimate of drug-likeness (QED) is 0.713. The summed E-state index contributed by atoms with van der Waals surface area (Å²) in [6.07, 6.45) is 1.41. The number of para-hydroxylation sites is 1. The lowest BCUT2D eigenvalue weighted by atomic mass is 10.2. The normalized spacial score (nSPS) is 16.2. The fraction of sp³-hybridized carbons (Fsp3) is 0.417. The molecule has 1 N–H and O–H groups in total. The zero-order chi connectivity index (χ0) is 24.3. The second-order valence-corrected chi connectivity index (χ2v) is 10.2. The molecule has 0 aliphatic carbocycles. The molecule has 3 amide bonds. The number of amides is 3. The summed E-state index contributed by atoms with van der Waals surface area (Å²) in [4.78, 5) is 47.9. The van der Waals surface area contributed by atoms with Crippen LogP contribution in [0.4, 0.5) is 22.0 Å². The molecule has 0 bridgehead atoms. The molecule has 0 spiro atoms. The predicted octanol–water partition coefficient (Wildman–Crippen LogP) is 3.22. The van der Waals surface area contributed by atoms with Gasteiger partial charge in [0.15, 0.2) is 0 Å². The Morgan fingerprint density at radius 2 is 1.82 bits per heavy atom. The van der Waals surface area contributed by atoms with E-state index in [1.807, 2.05) is 51.1 Å². The van der Waals surface area contributed by atoms with Crippen molar-refractivity contribution in [2.45, 2.75) is 31.3 Å². The summed E-state index contributed by atoms with van der Waals surface area (Å²) in [7, 11) is 0. The van der Waals surface area contributed by atoms with Gasteiger partial charge >= 0.3 is 6.09 Å². The molecule has 1 aromatic heterocycles. The van der Waals surface area contributed by atoms with Gasteiger partial charge in [0.05, 0.1) is 23.3 Å². The van der Waals surface area contributed by atoms with Gasteiger partial charge < -0.3 is 24.8 Å². The second-order valence-electron chi connectivity index (χ2n) is 9.14. The van der Waals surface area contributed by atoms with Gasteiger partial charge in [0.25, 0.3) is 0 Å². The summed E-state index contributed by atoms with van der Waals surface area (Å²) in [5, 5.41) is 2.78. The molecule has 0 radical (unpaired) electrons. The van der Waals surface area contributed by atoms with Crippen molar-refractivity contribution in [1.29, 1.82) is 0 Å². The third-order valence-corrected chi connectivity index (χ3v) is 6.47. The van der Waals surface area contributed by atoms with Crippen LogP contribution in [-0.2, 0) is 14.3 Å². The number of carbonyl (C=O) groups excluding carboxylic acids is 3. The maximum Gasteiger partial charge on any atom is 0.410 e. The number of anilines is 3. The Morgan fingerprint density at radius 1 is 1.09 bits per heavy atom. The van der Waals surface area contributed by atoms with Crippen molar-refractivity contribution in [3.8, 4) is 0 Å². The van der Waals surface area contributed by atoms with Crippen molar-refractivity contribution in [2.24, 2.45) is 0 Å². The van der Waals surface area contributed by atoms with Crippen LogP contribution in [-0.4, -0.2) is 71.9 Å². The average Bonchev–Trinajstić information content (AvgIpc) is 2.80. The van der Waals surface area contributed by atoms with E-state index in [-0.39, 0.29) is 24.5 Å². The molecule has 0 atom stereocenters. The molecule has 34 heavy (non-hydrogen) atoms. The molecule has 2 aromatic rings. The lowest BCUT2D eigenvalue weighted by molar-refractivity contribution is -0.120. The van der Waals surface area contributed by atoms with E-state index in [2.05, 4.69) is 15.2 Å². The van der Waals surface area contributed by atoms with Crippen LogP contribution in [0.2, 0.25) is 0 Å². The highest BCUT2D eigenvalue weighted by atomic mass is 32.2. The van der Waals surface area contributed by atoms with Gasteiger partial charge in [-0.2, -0.15) is 0 Å². The highest BCUT2D eigenvalue weighted by Crippen LogP contribution is 2.34. The van der Waals surface area contributed by atoms with Crippen LogP contribution in [0.5, 0.6) is 0 Å². The van der Waals surface area contributed by atoms with Gasteiger partial charge in [-0.1, -0.05) is 12.1 Å². The minimum absolute atomic E-state index is 0.0630. The van der Waals surface area contributed by atoms with Crippen LogP contribution in [0.1, 0.15) is 20.8 Å². The van der Waals surface area contributed by atoms with E-state index in [1.165, 1.54) is 16.7 Å². The molecular formula is C24H29N5O4S. The first-order valence-corrected chi connectivity index (χ1v) is 12.2. The Hall–Kier alpha value is -3.27. The Balaban J connectivity index is 1.30. The van der Waals surface area contributed by atoms with Gasteiger partial charge in [0.1, 0.15) is 18.0 Å². The number of carbonyl (C=O) groups is 3. The topological polar surface area (TPSA) is 95.1 Å². The zero-order valence-corrected chi connectivity index (χ0v) is 20.4. The minimum atomic E-state index is -0.512. The van der Waals surface area contributed by atoms with Crippen LogP contribution < -0.4 is 15.1 Å². The number of hydrogen-bond donors (Lipinski definition) is 1. The lowest BCUT2D eigenvalue weighted by Crippen LogP contribution is -2.50.